The molecule has 1 heterocycles. The molecule has 1 aliphatic rings. The summed E-state index contributed by atoms with van der Waals surface area (Å²) in [7, 11) is 0. The van der Waals surface area contributed by atoms with E-state index in [1.165, 1.54) is 0 Å². The van der Waals surface area contributed by atoms with Crippen molar-refractivity contribution in [2.45, 2.75) is 31.4 Å². The molecule has 6 heteroatoms. The van der Waals surface area contributed by atoms with Gasteiger partial charge in [-0.2, -0.15) is 0 Å². The van der Waals surface area contributed by atoms with Crippen molar-refractivity contribution in [2.75, 3.05) is 6.61 Å². The second-order valence-corrected chi connectivity index (χ2v) is 5.43. The molecule has 1 saturated heterocycles. The number of primary amides is 1. The third kappa shape index (κ3) is 2.94. The summed E-state index contributed by atoms with van der Waals surface area (Å²) in [6, 6.07) is 6.71. The largest absolute Gasteiger partial charge is 0.368 e. The van der Waals surface area contributed by atoms with Crippen LogP contribution in [-0.2, 0) is 19.9 Å². The van der Waals surface area contributed by atoms with Crippen molar-refractivity contribution in [2.24, 2.45) is 5.73 Å². The van der Waals surface area contributed by atoms with Crippen LogP contribution in [0.15, 0.2) is 24.3 Å². The number of carbonyl (C=O) groups is 2. The van der Waals surface area contributed by atoms with Gasteiger partial charge in [-0.3, -0.25) is 9.59 Å². The molecule has 0 spiro atoms. The molecule has 0 bridgehead atoms. The number of ether oxygens (including phenoxy) is 1. The van der Waals surface area contributed by atoms with Crippen molar-refractivity contribution >= 4 is 23.4 Å². The van der Waals surface area contributed by atoms with Crippen molar-refractivity contribution in [3.8, 4) is 0 Å². The lowest BCUT2D eigenvalue weighted by Crippen LogP contribution is -2.55. The number of benzene rings is 1. The first-order chi connectivity index (χ1) is 9.43. The highest BCUT2D eigenvalue weighted by atomic mass is 35.5. The standard InChI is InChI=1S/C14H17ClN2O3/c1-14(13(16)19,9-4-2-5-10(15)8-9)17-12(18)11-6-3-7-20-11/h2,4-5,8,11H,3,6-7H2,1H3,(H2,16,19)(H,17,18). The van der Waals surface area contributed by atoms with Gasteiger partial charge >= 0.3 is 0 Å². The molecule has 0 saturated carbocycles. The van der Waals surface area contributed by atoms with Gasteiger partial charge in [0.05, 0.1) is 0 Å². The van der Waals surface area contributed by atoms with Crippen LogP contribution in [0.25, 0.3) is 0 Å². The minimum atomic E-state index is -1.31. The Balaban J connectivity index is 2.25. The normalized spacial score (nSPS) is 21.2. The fraction of sp³-hybridized carbons (Fsp3) is 0.429. The number of hydrogen-bond donors (Lipinski definition) is 2. The van der Waals surface area contributed by atoms with E-state index in [0.717, 1.165) is 6.42 Å². The summed E-state index contributed by atoms with van der Waals surface area (Å²) in [6.45, 7) is 2.12. The Morgan fingerprint density at radius 1 is 1.50 bits per heavy atom. The summed E-state index contributed by atoms with van der Waals surface area (Å²) in [5.74, 6) is -0.977. The van der Waals surface area contributed by atoms with Gasteiger partial charge in [-0.05, 0) is 37.5 Å². The van der Waals surface area contributed by atoms with E-state index < -0.39 is 17.6 Å². The average molecular weight is 297 g/mol. The summed E-state index contributed by atoms with van der Waals surface area (Å²) in [5, 5.41) is 3.15. The van der Waals surface area contributed by atoms with Crippen molar-refractivity contribution in [3.05, 3.63) is 34.9 Å². The predicted octanol–water partition coefficient (Wildman–Crippen LogP) is 1.34. The first-order valence-electron chi connectivity index (χ1n) is 6.43. The van der Waals surface area contributed by atoms with Crippen LogP contribution >= 0.6 is 11.6 Å². The number of nitrogens with two attached hydrogens (primary N) is 1. The zero-order valence-electron chi connectivity index (χ0n) is 11.2. The molecule has 0 aliphatic carbocycles. The Hall–Kier alpha value is -1.59. The van der Waals surface area contributed by atoms with E-state index in [0.29, 0.717) is 23.6 Å². The molecular formula is C14H17ClN2O3. The molecule has 3 N–H and O–H groups in total. The van der Waals surface area contributed by atoms with Crippen molar-refractivity contribution < 1.29 is 14.3 Å². The van der Waals surface area contributed by atoms with E-state index in [4.69, 9.17) is 22.1 Å². The Bertz CT molecular complexity index is 529. The molecule has 1 aliphatic heterocycles. The fourth-order valence-corrected chi connectivity index (χ4v) is 2.38. The average Bonchev–Trinajstić information content (AvgIpc) is 2.92. The van der Waals surface area contributed by atoms with Gasteiger partial charge in [0.2, 0.25) is 11.8 Å². The monoisotopic (exact) mass is 296 g/mol. The van der Waals surface area contributed by atoms with Crippen LogP contribution in [0.1, 0.15) is 25.3 Å². The van der Waals surface area contributed by atoms with Crippen molar-refractivity contribution in [3.63, 3.8) is 0 Å². The Morgan fingerprint density at radius 2 is 2.25 bits per heavy atom. The van der Waals surface area contributed by atoms with Crippen LogP contribution in [-0.4, -0.2) is 24.5 Å². The molecule has 2 amide bonds. The molecule has 2 unspecified atom stereocenters. The summed E-state index contributed by atoms with van der Waals surface area (Å²) in [6.07, 6.45) is 0.964. The van der Waals surface area contributed by atoms with E-state index in [1.807, 2.05) is 0 Å². The van der Waals surface area contributed by atoms with Gasteiger partial charge in [0.1, 0.15) is 11.6 Å². The molecule has 2 atom stereocenters. The van der Waals surface area contributed by atoms with Crippen molar-refractivity contribution in [1.82, 2.24) is 5.32 Å². The van der Waals surface area contributed by atoms with Crippen LogP contribution < -0.4 is 11.1 Å². The quantitative estimate of drug-likeness (QED) is 0.879. The Kier molecular flexibility index (Phi) is 4.30. The minimum absolute atomic E-state index is 0.330. The van der Waals surface area contributed by atoms with E-state index >= 15 is 0 Å². The van der Waals surface area contributed by atoms with E-state index in [2.05, 4.69) is 5.32 Å². The van der Waals surface area contributed by atoms with Gasteiger partial charge in [0, 0.05) is 11.6 Å². The van der Waals surface area contributed by atoms with Crippen LogP contribution in [0.4, 0.5) is 0 Å². The van der Waals surface area contributed by atoms with Crippen LogP contribution in [0.2, 0.25) is 5.02 Å². The van der Waals surface area contributed by atoms with Gasteiger partial charge < -0.3 is 15.8 Å². The lowest BCUT2D eigenvalue weighted by Gasteiger charge is -2.29. The first-order valence-corrected chi connectivity index (χ1v) is 6.81. The highest BCUT2D eigenvalue weighted by molar-refractivity contribution is 6.30. The number of rotatable bonds is 4. The lowest BCUT2D eigenvalue weighted by atomic mass is 9.90. The van der Waals surface area contributed by atoms with E-state index in [1.54, 1.807) is 31.2 Å². The molecule has 5 nitrogen and oxygen atoms in total. The molecule has 20 heavy (non-hydrogen) atoms. The van der Waals surface area contributed by atoms with Gasteiger partial charge in [0.15, 0.2) is 0 Å². The van der Waals surface area contributed by atoms with E-state index in [9.17, 15) is 9.59 Å². The smallest absolute Gasteiger partial charge is 0.250 e. The first kappa shape index (κ1) is 14.8. The van der Waals surface area contributed by atoms with Gasteiger partial charge in [-0.25, -0.2) is 0 Å². The minimum Gasteiger partial charge on any atom is -0.368 e. The summed E-state index contributed by atoms with van der Waals surface area (Å²) in [4.78, 5) is 24.0. The molecule has 1 aromatic carbocycles. The number of halogens is 1. The van der Waals surface area contributed by atoms with Crippen LogP contribution in [0, 0.1) is 0 Å². The predicted molar refractivity (Wildman–Crippen MR) is 75.1 cm³/mol. The number of amides is 2. The molecule has 1 fully saturated rings. The second-order valence-electron chi connectivity index (χ2n) is 4.99. The zero-order chi connectivity index (χ0) is 14.8. The fourth-order valence-electron chi connectivity index (χ4n) is 2.19. The summed E-state index contributed by atoms with van der Waals surface area (Å²) >= 11 is 5.93. The highest BCUT2D eigenvalue weighted by Gasteiger charge is 2.37. The number of hydrogen-bond acceptors (Lipinski definition) is 3. The maximum absolute atomic E-state index is 12.1. The van der Waals surface area contributed by atoms with Crippen molar-refractivity contribution in [1.29, 1.82) is 0 Å². The molecule has 0 radical (unpaired) electrons. The van der Waals surface area contributed by atoms with Crippen LogP contribution in [0.3, 0.4) is 0 Å². The summed E-state index contributed by atoms with van der Waals surface area (Å²) in [5.41, 5.74) is 4.70. The second kappa shape index (κ2) is 5.81. The Morgan fingerprint density at radius 3 is 2.80 bits per heavy atom. The number of carbonyl (C=O) groups excluding carboxylic acids is 2. The zero-order valence-corrected chi connectivity index (χ0v) is 11.9. The van der Waals surface area contributed by atoms with Gasteiger partial charge in [-0.1, -0.05) is 23.7 Å². The topological polar surface area (TPSA) is 81.4 Å². The third-order valence-corrected chi connectivity index (χ3v) is 3.73. The molecule has 108 valence electrons. The van der Waals surface area contributed by atoms with Crippen LogP contribution in [0.5, 0.6) is 0 Å². The third-order valence-electron chi connectivity index (χ3n) is 3.49. The molecule has 1 aromatic rings. The maximum atomic E-state index is 12.1. The van der Waals surface area contributed by atoms with Gasteiger partial charge in [0.25, 0.3) is 0 Å². The SMILES string of the molecule is CC(NC(=O)C1CCCO1)(C(N)=O)c1cccc(Cl)c1. The summed E-state index contributed by atoms with van der Waals surface area (Å²) < 4.78 is 5.31. The maximum Gasteiger partial charge on any atom is 0.250 e. The highest BCUT2D eigenvalue weighted by Crippen LogP contribution is 2.24. The molecule has 0 aromatic heterocycles. The molecular weight excluding hydrogens is 280 g/mol. The van der Waals surface area contributed by atoms with Gasteiger partial charge in [-0.15, -0.1) is 0 Å². The number of nitrogens with one attached hydrogen (secondary N) is 1. The molecule has 2 rings (SSSR count). The van der Waals surface area contributed by atoms with E-state index in [-0.39, 0.29) is 5.91 Å². The lowest BCUT2D eigenvalue weighted by molar-refractivity contribution is -0.137. The Labute approximate surface area is 122 Å².